The summed E-state index contributed by atoms with van der Waals surface area (Å²) in [6.45, 7) is 0. The zero-order chi connectivity index (χ0) is 14.6. The zero-order valence-corrected chi connectivity index (χ0v) is 11.5. The first-order chi connectivity index (χ1) is 10.1. The van der Waals surface area contributed by atoms with Crippen molar-refractivity contribution in [1.29, 1.82) is 0 Å². The topological polar surface area (TPSA) is 56.1 Å². The molecule has 2 N–H and O–H groups in total. The number of hydrogen-bond donors (Lipinski definition) is 2. The molecule has 1 heterocycles. The van der Waals surface area contributed by atoms with Crippen molar-refractivity contribution in [3.63, 3.8) is 0 Å². The molecule has 2 aromatic carbocycles. The molecule has 1 aliphatic heterocycles. The fraction of sp³-hybridized carbons (Fsp3) is 0.118. The normalized spacial score (nSPS) is 19.1. The van der Waals surface area contributed by atoms with E-state index in [1.54, 1.807) is 24.3 Å². The molecule has 4 heteroatoms. The van der Waals surface area contributed by atoms with Crippen LogP contribution in [-0.4, -0.2) is 28.0 Å². The van der Waals surface area contributed by atoms with Crippen molar-refractivity contribution in [1.82, 2.24) is 5.01 Å². The fourth-order valence-corrected chi connectivity index (χ4v) is 3.08. The van der Waals surface area contributed by atoms with Crippen molar-refractivity contribution in [3.8, 4) is 11.5 Å². The molecule has 2 aromatic rings. The van der Waals surface area contributed by atoms with Crippen LogP contribution in [0.1, 0.15) is 5.56 Å². The molecule has 21 heavy (non-hydrogen) atoms. The van der Waals surface area contributed by atoms with Gasteiger partial charge in [0.05, 0.1) is 17.3 Å². The smallest absolute Gasteiger partial charge is 0.116 e. The fourth-order valence-electron chi connectivity index (χ4n) is 3.08. The highest BCUT2D eigenvalue weighted by atomic mass is 16.3. The predicted octanol–water partition coefficient (Wildman–Crippen LogP) is 0.966. The highest BCUT2D eigenvalue weighted by Gasteiger charge is 2.32. The van der Waals surface area contributed by atoms with Gasteiger partial charge in [0.25, 0.3) is 0 Å². The van der Waals surface area contributed by atoms with Gasteiger partial charge in [0.1, 0.15) is 11.5 Å². The molecular weight excluding hydrogens is 264 g/mol. The van der Waals surface area contributed by atoms with Crippen molar-refractivity contribution in [2.24, 2.45) is 11.0 Å². The van der Waals surface area contributed by atoms with Crippen molar-refractivity contribution < 1.29 is 10.2 Å². The maximum atomic E-state index is 9.64. The van der Waals surface area contributed by atoms with Gasteiger partial charge in [-0.05, 0) is 53.2 Å². The summed E-state index contributed by atoms with van der Waals surface area (Å²) in [6, 6.07) is 12.5. The lowest BCUT2D eigenvalue weighted by Gasteiger charge is -2.10. The summed E-state index contributed by atoms with van der Waals surface area (Å²) in [7, 11) is 1.94. The molecule has 0 saturated heterocycles. The van der Waals surface area contributed by atoms with Crippen molar-refractivity contribution in [3.05, 3.63) is 58.5 Å². The minimum atomic E-state index is 0.0938. The molecule has 1 aliphatic carbocycles. The SMILES string of the molecule is CN1N=C(c2ccc(O)cc2)C2C=c3cc(O)ccc3=C21. The first-order valence-electron chi connectivity index (χ1n) is 6.80. The number of benzene rings is 2. The van der Waals surface area contributed by atoms with Gasteiger partial charge in [0.15, 0.2) is 0 Å². The van der Waals surface area contributed by atoms with E-state index in [0.717, 1.165) is 27.4 Å². The second kappa shape index (κ2) is 4.12. The van der Waals surface area contributed by atoms with Crippen LogP contribution in [0.4, 0.5) is 0 Å². The lowest BCUT2D eigenvalue weighted by Crippen LogP contribution is -2.25. The van der Waals surface area contributed by atoms with Crippen molar-refractivity contribution >= 4 is 17.5 Å². The van der Waals surface area contributed by atoms with Crippen LogP contribution in [0.3, 0.4) is 0 Å². The summed E-state index contributed by atoms with van der Waals surface area (Å²) in [5.41, 5.74) is 3.09. The molecular formula is C17H14N2O2. The van der Waals surface area contributed by atoms with Crippen molar-refractivity contribution in [2.75, 3.05) is 7.05 Å². The number of hydrogen-bond acceptors (Lipinski definition) is 4. The second-order valence-corrected chi connectivity index (χ2v) is 5.36. The second-order valence-electron chi connectivity index (χ2n) is 5.36. The van der Waals surface area contributed by atoms with E-state index in [0.29, 0.717) is 0 Å². The number of aromatic hydroxyl groups is 2. The molecule has 0 amide bonds. The van der Waals surface area contributed by atoms with E-state index < -0.39 is 0 Å². The Labute approximate surface area is 121 Å². The summed E-state index contributed by atoms with van der Waals surface area (Å²) < 4.78 is 0. The average molecular weight is 278 g/mol. The van der Waals surface area contributed by atoms with E-state index in [1.807, 2.05) is 30.3 Å². The summed E-state index contributed by atoms with van der Waals surface area (Å²) in [5.74, 6) is 0.617. The summed E-state index contributed by atoms with van der Waals surface area (Å²) in [5, 5.41) is 27.7. The number of phenolic OH excluding ortho intramolecular Hbond substituents is 2. The van der Waals surface area contributed by atoms with E-state index in [1.165, 1.54) is 0 Å². The quantitative estimate of drug-likeness (QED) is 0.817. The Kier molecular flexibility index (Phi) is 2.36. The molecule has 0 aromatic heterocycles. The molecule has 2 aliphatic rings. The Balaban J connectivity index is 1.88. The van der Waals surface area contributed by atoms with Crippen LogP contribution in [0.5, 0.6) is 11.5 Å². The highest BCUT2D eigenvalue weighted by molar-refractivity contribution is 6.12. The Morgan fingerprint density at radius 3 is 2.48 bits per heavy atom. The van der Waals surface area contributed by atoms with E-state index in [4.69, 9.17) is 0 Å². The molecule has 4 rings (SSSR count). The number of nitrogens with zero attached hydrogens (tertiary/aromatic N) is 2. The van der Waals surface area contributed by atoms with Crippen LogP contribution < -0.4 is 10.4 Å². The van der Waals surface area contributed by atoms with Gasteiger partial charge < -0.3 is 10.2 Å². The van der Waals surface area contributed by atoms with Crippen LogP contribution >= 0.6 is 0 Å². The first-order valence-corrected chi connectivity index (χ1v) is 6.80. The summed E-state index contributed by atoms with van der Waals surface area (Å²) in [4.78, 5) is 0. The largest absolute Gasteiger partial charge is 0.508 e. The van der Waals surface area contributed by atoms with Gasteiger partial charge in [-0.2, -0.15) is 5.10 Å². The third-order valence-electron chi connectivity index (χ3n) is 4.02. The van der Waals surface area contributed by atoms with Gasteiger partial charge in [-0.1, -0.05) is 6.08 Å². The predicted molar refractivity (Wildman–Crippen MR) is 81.1 cm³/mol. The van der Waals surface area contributed by atoms with Crippen LogP contribution in [-0.2, 0) is 0 Å². The lowest BCUT2D eigenvalue weighted by molar-refractivity contribution is 0.474. The van der Waals surface area contributed by atoms with Gasteiger partial charge in [0.2, 0.25) is 0 Å². The lowest BCUT2D eigenvalue weighted by atomic mass is 9.96. The molecule has 0 bridgehead atoms. The third kappa shape index (κ3) is 1.72. The van der Waals surface area contributed by atoms with Gasteiger partial charge in [-0.25, -0.2) is 0 Å². The van der Waals surface area contributed by atoms with Crippen LogP contribution in [0, 0.1) is 5.92 Å². The minimum absolute atomic E-state index is 0.0938. The summed E-state index contributed by atoms with van der Waals surface area (Å²) >= 11 is 0. The van der Waals surface area contributed by atoms with Crippen LogP contribution in [0.15, 0.2) is 47.6 Å². The van der Waals surface area contributed by atoms with Gasteiger partial charge in [-0.3, -0.25) is 5.01 Å². The van der Waals surface area contributed by atoms with E-state index in [9.17, 15) is 10.2 Å². The highest BCUT2D eigenvalue weighted by Crippen LogP contribution is 2.31. The monoisotopic (exact) mass is 278 g/mol. The molecule has 0 spiro atoms. The minimum Gasteiger partial charge on any atom is -0.508 e. The molecule has 1 unspecified atom stereocenters. The Bertz CT molecular complexity index is 882. The van der Waals surface area contributed by atoms with Gasteiger partial charge in [-0.15, -0.1) is 0 Å². The molecule has 0 fully saturated rings. The Morgan fingerprint density at radius 2 is 1.71 bits per heavy atom. The van der Waals surface area contributed by atoms with Crippen molar-refractivity contribution in [2.45, 2.75) is 0 Å². The first kappa shape index (κ1) is 12.0. The zero-order valence-electron chi connectivity index (χ0n) is 11.5. The number of phenols is 2. The van der Waals surface area contributed by atoms with Crippen LogP contribution in [0.25, 0.3) is 11.8 Å². The third-order valence-corrected chi connectivity index (χ3v) is 4.02. The average Bonchev–Trinajstić information content (AvgIpc) is 2.97. The number of rotatable bonds is 1. The Hall–Kier alpha value is -2.75. The van der Waals surface area contributed by atoms with E-state index in [-0.39, 0.29) is 17.4 Å². The standard InChI is InChI=1S/C17H14N2O2/c1-19-17-14-7-6-13(21)8-11(14)9-15(17)16(18-19)10-2-4-12(20)5-3-10/h2-9,15,20-21H,1H3. The number of hydrazone groups is 1. The van der Waals surface area contributed by atoms with E-state index in [2.05, 4.69) is 11.2 Å². The molecule has 104 valence electrons. The molecule has 4 nitrogen and oxygen atoms in total. The number of fused-ring (bicyclic) bond motifs is 2. The molecule has 1 atom stereocenters. The molecule has 0 saturated carbocycles. The molecule has 0 radical (unpaired) electrons. The maximum Gasteiger partial charge on any atom is 0.116 e. The summed E-state index contributed by atoms with van der Waals surface area (Å²) in [6.07, 6.45) is 2.12. The Morgan fingerprint density at radius 1 is 1.00 bits per heavy atom. The van der Waals surface area contributed by atoms with Gasteiger partial charge >= 0.3 is 0 Å². The van der Waals surface area contributed by atoms with Gasteiger partial charge in [0, 0.05) is 12.3 Å². The van der Waals surface area contributed by atoms with Crippen LogP contribution in [0.2, 0.25) is 0 Å². The van der Waals surface area contributed by atoms with E-state index >= 15 is 0 Å². The maximum absolute atomic E-state index is 9.64.